The molecule has 1 N–H and O–H groups in total. The van der Waals surface area contributed by atoms with Gasteiger partial charge in [-0.15, -0.1) is 0 Å². The number of carbonyl (C=O) groups is 1. The second-order valence-electron chi connectivity index (χ2n) is 3.96. The lowest BCUT2D eigenvalue weighted by Crippen LogP contribution is -2.41. The highest BCUT2D eigenvalue weighted by molar-refractivity contribution is 6.31. The van der Waals surface area contributed by atoms with E-state index in [1.54, 1.807) is 6.07 Å². The molecule has 0 atom stereocenters. The number of benzene rings is 1. The van der Waals surface area contributed by atoms with E-state index in [-0.39, 0.29) is 5.56 Å². The van der Waals surface area contributed by atoms with Crippen molar-refractivity contribution in [1.82, 2.24) is 4.90 Å². The molecular formula is C11H12ClNO2. The second-order valence-corrected chi connectivity index (χ2v) is 4.37. The highest BCUT2D eigenvalue weighted by Gasteiger charge is 2.26. The Bertz CT molecular complexity index is 400. The van der Waals surface area contributed by atoms with Crippen LogP contribution >= 0.6 is 11.6 Å². The molecule has 0 amide bonds. The van der Waals surface area contributed by atoms with Gasteiger partial charge in [0.15, 0.2) is 0 Å². The maximum Gasteiger partial charge on any atom is 0.335 e. The van der Waals surface area contributed by atoms with Gasteiger partial charge in [-0.2, -0.15) is 0 Å². The minimum Gasteiger partial charge on any atom is -0.478 e. The lowest BCUT2D eigenvalue weighted by atomic mass is 9.91. The van der Waals surface area contributed by atoms with E-state index < -0.39 is 5.97 Å². The van der Waals surface area contributed by atoms with E-state index in [9.17, 15) is 4.79 Å². The summed E-state index contributed by atoms with van der Waals surface area (Å²) in [5.41, 5.74) is 1.30. The van der Waals surface area contributed by atoms with Crippen molar-refractivity contribution >= 4 is 17.6 Å². The molecule has 1 aliphatic heterocycles. The van der Waals surface area contributed by atoms with E-state index in [1.165, 1.54) is 6.07 Å². The summed E-state index contributed by atoms with van der Waals surface area (Å²) in [5, 5.41) is 9.35. The van der Waals surface area contributed by atoms with Crippen LogP contribution in [0.2, 0.25) is 5.02 Å². The van der Waals surface area contributed by atoms with Crippen LogP contribution in [-0.4, -0.2) is 36.1 Å². The molecule has 1 aliphatic rings. The molecule has 0 aromatic heterocycles. The summed E-state index contributed by atoms with van der Waals surface area (Å²) < 4.78 is 0. The van der Waals surface area contributed by atoms with Crippen molar-refractivity contribution in [3.05, 3.63) is 34.3 Å². The summed E-state index contributed by atoms with van der Waals surface area (Å²) in [6, 6.07) is 4.96. The van der Waals surface area contributed by atoms with Crippen LogP contribution in [0.4, 0.5) is 0 Å². The molecule has 4 heteroatoms. The van der Waals surface area contributed by atoms with E-state index >= 15 is 0 Å². The average Bonchev–Trinajstić information content (AvgIpc) is 2.13. The van der Waals surface area contributed by atoms with E-state index in [2.05, 4.69) is 11.9 Å². The summed E-state index contributed by atoms with van der Waals surface area (Å²) in [5.74, 6) is -0.487. The molecule has 0 spiro atoms. The third-order valence-corrected chi connectivity index (χ3v) is 3.08. The Balaban J connectivity index is 2.23. The fourth-order valence-corrected chi connectivity index (χ4v) is 2.22. The summed E-state index contributed by atoms with van der Waals surface area (Å²) in [7, 11) is 2.05. The minimum absolute atomic E-state index is 0.247. The van der Waals surface area contributed by atoms with Crippen LogP contribution in [0.1, 0.15) is 21.8 Å². The number of carboxylic acids is 1. The summed E-state index contributed by atoms with van der Waals surface area (Å²) in [4.78, 5) is 12.9. The van der Waals surface area contributed by atoms with Gasteiger partial charge in [-0.25, -0.2) is 4.79 Å². The van der Waals surface area contributed by atoms with Crippen LogP contribution in [0.15, 0.2) is 18.2 Å². The minimum atomic E-state index is -0.936. The smallest absolute Gasteiger partial charge is 0.335 e. The van der Waals surface area contributed by atoms with Crippen molar-refractivity contribution in [2.75, 3.05) is 20.1 Å². The van der Waals surface area contributed by atoms with Crippen LogP contribution in [0.5, 0.6) is 0 Å². The molecule has 1 saturated heterocycles. The first-order valence-corrected chi connectivity index (χ1v) is 5.17. The topological polar surface area (TPSA) is 40.5 Å². The van der Waals surface area contributed by atoms with E-state index in [1.807, 2.05) is 6.07 Å². The molecule has 1 aromatic carbocycles. The number of carboxylic acid groups (broad SMARTS) is 1. The van der Waals surface area contributed by atoms with E-state index in [0.29, 0.717) is 10.9 Å². The zero-order valence-corrected chi connectivity index (χ0v) is 9.16. The van der Waals surface area contributed by atoms with Crippen molar-refractivity contribution in [2.45, 2.75) is 5.92 Å². The number of rotatable bonds is 2. The quantitative estimate of drug-likeness (QED) is 0.838. The Hall–Kier alpha value is -1.06. The van der Waals surface area contributed by atoms with Gasteiger partial charge in [-0.3, -0.25) is 0 Å². The van der Waals surface area contributed by atoms with Gasteiger partial charge in [-0.1, -0.05) is 17.7 Å². The lowest BCUT2D eigenvalue weighted by molar-refractivity contribution is 0.0697. The zero-order chi connectivity index (χ0) is 11.0. The largest absolute Gasteiger partial charge is 0.478 e. The molecular weight excluding hydrogens is 214 g/mol. The van der Waals surface area contributed by atoms with Gasteiger partial charge in [0.05, 0.1) is 5.56 Å². The van der Waals surface area contributed by atoms with Crippen LogP contribution in [0, 0.1) is 0 Å². The Morgan fingerprint density at radius 2 is 2.20 bits per heavy atom. The maximum absolute atomic E-state index is 10.7. The van der Waals surface area contributed by atoms with Gasteiger partial charge < -0.3 is 10.0 Å². The van der Waals surface area contributed by atoms with Crippen molar-refractivity contribution in [1.29, 1.82) is 0 Å². The van der Waals surface area contributed by atoms with Gasteiger partial charge in [0.25, 0.3) is 0 Å². The molecule has 80 valence electrons. The molecule has 0 saturated carbocycles. The van der Waals surface area contributed by atoms with Gasteiger partial charge in [0.2, 0.25) is 0 Å². The number of hydrogen-bond donors (Lipinski definition) is 1. The third-order valence-electron chi connectivity index (χ3n) is 2.75. The average molecular weight is 226 g/mol. The van der Waals surface area contributed by atoms with Crippen LogP contribution < -0.4 is 0 Å². The SMILES string of the molecule is CN1CC(c2ccc(C(=O)O)cc2Cl)C1. The second kappa shape index (κ2) is 3.83. The molecule has 0 bridgehead atoms. The fraction of sp³-hybridized carbons (Fsp3) is 0.364. The Morgan fingerprint density at radius 1 is 1.53 bits per heavy atom. The van der Waals surface area contributed by atoms with Crippen LogP contribution in [0.25, 0.3) is 0 Å². The van der Waals surface area contributed by atoms with Crippen LogP contribution in [-0.2, 0) is 0 Å². The van der Waals surface area contributed by atoms with Crippen molar-refractivity contribution in [3.8, 4) is 0 Å². The highest BCUT2D eigenvalue weighted by Crippen LogP contribution is 2.31. The Labute approximate surface area is 93.3 Å². The van der Waals surface area contributed by atoms with Crippen molar-refractivity contribution in [3.63, 3.8) is 0 Å². The predicted octanol–water partition coefficient (Wildman–Crippen LogP) is 2.07. The monoisotopic (exact) mass is 225 g/mol. The Morgan fingerprint density at radius 3 is 2.67 bits per heavy atom. The molecule has 1 aromatic rings. The Kier molecular flexibility index (Phi) is 2.67. The number of halogens is 1. The highest BCUT2D eigenvalue weighted by atomic mass is 35.5. The number of aromatic carboxylic acids is 1. The standard InChI is InChI=1S/C11H12ClNO2/c1-13-5-8(6-13)9-3-2-7(11(14)15)4-10(9)12/h2-4,8H,5-6H2,1H3,(H,14,15). The summed E-state index contributed by atoms with van der Waals surface area (Å²) in [6.07, 6.45) is 0. The van der Waals surface area contributed by atoms with Crippen molar-refractivity contribution in [2.24, 2.45) is 0 Å². The molecule has 2 rings (SSSR count). The molecule has 0 aliphatic carbocycles. The third kappa shape index (κ3) is 1.98. The van der Waals surface area contributed by atoms with Gasteiger partial charge in [-0.05, 0) is 24.7 Å². The molecule has 1 fully saturated rings. The van der Waals surface area contributed by atoms with E-state index in [4.69, 9.17) is 16.7 Å². The predicted molar refractivity (Wildman–Crippen MR) is 58.6 cm³/mol. The molecule has 3 nitrogen and oxygen atoms in total. The van der Waals surface area contributed by atoms with Gasteiger partial charge in [0, 0.05) is 24.0 Å². The molecule has 0 unspecified atom stereocenters. The molecule has 1 heterocycles. The summed E-state index contributed by atoms with van der Waals surface area (Å²) in [6.45, 7) is 1.98. The number of hydrogen-bond acceptors (Lipinski definition) is 2. The molecule has 15 heavy (non-hydrogen) atoms. The lowest BCUT2D eigenvalue weighted by Gasteiger charge is -2.36. The number of likely N-dealkylation sites (tertiary alicyclic amines) is 1. The molecule has 0 radical (unpaired) electrons. The first-order valence-electron chi connectivity index (χ1n) is 4.79. The van der Waals surface area contributed by atoms with Crippen LogP contribution in [0.3, 0.4) is 0 Å². The van der Waals surface area contributed by atoms with Gasteiger partial charge in [0.1, 0.15) is 0 Å². The van der Waals surface area contributed by atoms with E-state index in [0.717, 1.165) is 18.7 Å². The first kappa shape index (κ1) is 10.5. The number of likely N-dealkylation sites (N-methyl/N-ethyl adjacent to an activating group) is 1. The zero-order valence-electron chi connectivity index (χ0n) is 8.40. The van der Waals surface area contributed by atoms with Crippen molar-refractivity contribution < 1.29 is 9.90 Å². The fourth-order valence-electron chi connectivity index (χ4n) is 1.89. The first-order chi connectivity index (χ1) is 7.08. The normalized spacial score (nSPS) is 17.5. The number of nitrogens with zero attached hydrogens (tertiary/aromatic N) is 1. The maximum atomic E-state index is 10.7. The summed E-state index contributed by atoms with van der Waals surface area (Å²) >= 11 is 6.05. The van der Waals surface area contributed by atoms with Gasteiger partial charge >= 0.3 is 5.97 Å².